The zero-order valence-corrected chi connectivity index (χ0v) is 15.8. The molecule has 1 N–H and O–H groups in total. The molecule has 0 aromatic heterocycles. The number of benzene rings is 1. The predicted molar refractivity (Wildman–Crippen MR) is 92.6 cm³/mol. The van der Waals surface area contributed by atoms with Gasteiger partial charge in [-0.3, -0.25) is 0 Å². The lowest BCUT2D eigenvalue weighted by molar-refractivity contribution is -0.0156. The molecule has 1 aliphatic heterocycles. The van der Waals surface area contributed by atoms with E-state index >= 15 is 0 Å². The van der Waals surface area contributed by atoms with Gasteiger partial charge in [0.05, 0.1) is 17.6 Å². The van der Waals surface area contributed by atoms with Crippen LogP contribution in [0.1, 0.15) is 27.8 Å². The standard InChI is InChI=1S/C17H28N2O3S/c1-11-12(2)14(4)17(15(5)13(11)3)23(20,21)18-9-16-10-19(6)7-8-22-16/h16,18H,7-10H2,1-6H3/t16-/m0/s1. The highest BCUT2D eigenvalue weighted by Crippen LogP contribution is 2.29. The van der Waals surface area contributed by atoms with E-state index < -0.39 is 10.0 Å². The summed E-state index contributed by atoms with van der Waals surface area (Å²) in [5.74, 6) is 0. The van der Waals surface area contributed by atoms with E-state index in [9.17, 15) is 8.42 Å². The molecule has 0 radical (unpaired) electrons. The summed E-state index contributed by atoms with van der Waals surface area (Å²) in [5.41, 5.74) is 4.92. The third-order valence-corrected chi connectivity index (χ3v) is 6.74. The molecule has 0 unspecified atom stereocenters. The Hall–Kier alpha value is -0.950. The summed E-state index contributed by atoms with van der Waals surface area (Å²) < 4.78 is 34.0. The fourth-order valence-electron chi connectivity index (χ4n) is 3.13. The maximum atomic E-state index is 12.8. The van der Waals surface area contributed by atoms with Gasteiger partial charge < -0.3 is 9.64 Å². The van der Waals surface area contributed by atoms with Crippen LogP contribution < -0.4 is 4.72 Å². The molecule has 1 fully saturated rings. The molecule has 0 saturated carbocycles. The van der Waals surface area contributed by atoms with E-state index in [0.29, 0.717) is 18.0 Å². The van der Waals surface area contributed by atoms with Gasteiger partial charge in [-0.1, -0.05) is 0 Å². The van der Waals surface area contributed by atoms with Gasteiger partial charge in [0.2, 0.25) is 10.0 Å². The summed E-state index contributed by atoms with van der Waals surface area (Å²) in [6.45, 7) is 12.3. The first kappa shape index (κ1) is 18.4. The molecule has 1 heterocycles. The lowest BCUT2D eigenvalue weighted by atomic mass is 9.95. The molecule has 5 nitrogen and oxygen atoms in total. The van der Waals surface area contributed by atoms with E-state index in [2.05, 4.69) is 9.62 Å². The quantitative estimate of drug-likeness (QED) is 0.909. The van der Waals surface area contributed by atoms with Crippen LogP contribution in [0.15, 0.2) is 4.90 Å². The highest BCUT2D eigenvalue weighted by molar-refractivity contribution is 7.89. The average molecular weight is 340 g/mol. The molecule has 1 aromatic rings. The maximum Gasteiger partial charge on any atom is 0.241 e. The van der Waals surface area contributed by atoms with E-state index in [1.165, 1.54) is 0 Å². The molecule has 0 bridgehead atoms. The molecule has 0 amide bonds. The maximum absolute atomic E-state index is 12.8. The molecular weight excluding hydrogens is 312 g/mol. The van der Waals surface area contributed by atoms with Gasteiger partial charge in [-0.05, 0) is 69.5 Å². The molecular formula is C17H28N2O3S. The highest BCUT2D eigenvalue weighted by Gasteiger charge is 2.25. The highest BCUT2D eigenvalue weighted by atomic mass is 32.2. The molecule has 1 atom stereocenters. The van der Waals surface area contributed by atoms with Gasteiger partial charge in [0.1, 0.15) is 0 Å². The molecule has 1 aliphatic rings. The number of rotatable bonds is 4. The minimum atomic E-state index is -3.55. The van der Waals surface area contributed by atoms with Crippen LogP contribution in [0.25, 0.3) is 0 Å². The third kappa shape index (κ3) is 3.76. The van der Waals surface area contributed by atoms with E-state index in [1.807, 2.05) is 41.7 Å². The molecule has 130 valence electrons. The van der Waals surface area contributed by atoms with Crippen molar-refractivity contribution < 1.29 is 13.2 Å². The van der Waals surface area contributed by atoms with Crippen LogP contribution in [0, 0.1) is 34.6 Å². The Kier molecular flexibility index (Phi) is 5.51. The van der Waals surface area contributed by atoms with Gasteiger partial charge >= 0.3 is 0 Å². The monoisotopic (exact) mass is 340 g/mol. The summed E-state index contributed by atoms with van der Waals surface area (Å²) >= 11 is 0. The van der Waals surface area contributed by atoms with Gasteiger partial charge in [-0.2, -0.15) is 0 Å². The van der Waals surface area contributed by atoms with E-state index in [-0.39, 0.29) is 6.10 Å². The molecule has 1 saturated heterocycles. The number of nitrogens with zero attached hydrogens (tertiary/aromatic N) is 1. The van der Waals surface area contributed by atoms with Crippen molar-refractivity contribution in [3.8, 4) is 0 Å². The molecule has 0 spiro atoms. The first-order chi connectivity index (χ1) is 10.6. The number of morpholine rings is 1. The number of sulfonamides is 1. The Balaban J connectivity index is 2.26. The molecule has 2 rings (SSSR count). The summed E-state index contributed by atoms with van der Waals surface area (Å²) in [5, 5.41) is 0. The minimum absolute atomic E-state index is 0.100. The Bertz CT molecular complexity index is 669. The lowest BCUT2D eigenvalue weighted by Gasteiger charge is -2.30. The van der Waals surface area contributed by atoms with Crippen LogP contribution in [-0.2, 0) is 14.8 Å². The lowest BCUT2D eigenvalue weighted by Crippen LogP contribution is -2.46. The van der Waals surface area contributed by atoms with Crippen molar-refractivity contribution in [2.24, 2.45) is 0 Å². The van der Waals surface area contributed by atoms with Crippen LogP contribution in [0.2, 0.25) is 0 Å². The second-order valence-corrected chi connectivity index (χ2v) is 8.26. The smallest absolute Gasteiger partial charge is 0.241 e. The molecule has 6 heteroatoms. The SMILES string of the molecule is Cc1c(C)c(C)c(S(=O)(=O)NC[C@H]2CN(C)CCO2)c(C)c1C. The average Bonchev–Trinajstić information content (AvgIpc) is 2.49. The largest absolute Gasteiger partial charge is 0.374 e. The van der Waals surface area contributed by atoms with Gasteiger partial charge in [0, 0.05) is 19.6 Å². The van der Waals surface area contributed by atoms with Crippen LogP contribution in [0.5, 0.6) is 0 Å². The normalized spacial score (nSPS) is 20.0. The summed E-state index contributed by atoms with van der Waals surface area (Å²) in [4.78, 5) is 2.57. The molecule has 23 heavy (non-hydrogen) atoms. The number of hydrogen-bond acceptors (Lipinski definition) is 4. The first-order valence-electron chi connectivity index (χ1n) is 8.02. The van der Waals surface area contributed by atoms with Crippen LogP contribution in [0.4, 0.5) is 0 Å². The molecule has 1 aromatic carbocycles. The van der Waals surface area contributed by atoms with Crippen molar-refractivity contribution in [1.82, 2.24) is 9.62 Å². The van der Waals surface area contributed by atoms with E-state index in [1.54, 1.807) is 0 Å². The zero-order chi connectivity index (χ0) is 17.4. The molecule has 0 aliphatic carbocycles. The van der Waals surface area contributed by atoms with Crippen molar-refractivity contribution in [3.63, 3.8) is 0 Å². The fraction of sp³-hybridized carbons (Fsp3) is 0.647. The number of ether oxygens (including phenoxy) is 1. The van der Waals surface area contributed by atoms with Gasteiger partial charge in [0.25, 0.3) is 0 Å². The number of nitrogens with one attached hydrogen (secondary N) is 1. The van der Waals surface area contributed by atoms with Crippen molar-refractivity contribution in [2.45, 2.75) is 45.6 Å². The Labute approximate surface area is 140 Å². The Morgan fingerprint density at radius 1 is 1.04 bits per heavy atom. The third-order valence-electron chi connectivity index (χ3n) is 5.04. The van der Waals surface area contributed by atoms with Crippen LogP contribution >= 0.6 is 0 Å². The Morgan fingerprint density at radius 2 is 1.57 bits per heavy atom. The minimum Gasteiger partial charge on any atom is -0.374 e. The van der Waals surface area contributed by atoms with Crippen molar-refractivity contribution in [1.29, 1.82) is 0 Å². The van der Waals surface area contributed by atoms with Crippen molar-refractivity contribution in [2.75, 3.05) is 33.3 Å². The van der Waals surface area contributed by atoms with E-state index in [4.69, 9.17) is 4.74 Å². The fourth-order valence-corrected chi connectivity index (χ4v) is 4.80. The number of likely N-dealkylation sites (N-methyl/N-ethyl adjacent to an activating group) is 1. The van der Waals surface area contributed by atoms with Crippen molar-refractivity contribution >= 4 is 10.0 Å². The van der Waals surface area contributed by atoms with Crippen molar-refractivity contribution in [3.05, 3.63) is 27.8 Å². The second-order valence-electron chi connectivity index (χ2n) is 6.56. The zero-order valence-electron chi connectivity index (χ0n) is 15.0. The van der Waals surface area contributed by atoms with Crippen LogP contribution in [-0.4, -0.2) is 52.7 Å². The van der Waals surface area contributed by atoms with E-state index in [0.717, 1.165) is 40.9 Å². The second kappa shape index (κ2) is 6.89. The summed E-state index contributed by atoms with van der Waals surface area (Å²) in [7, 11) is -1.53. The first-order valence-corrected chi connectivity index (χ1v) is 9.50. The van der Waals surface area contributed by atoms with Gasteiger partial charge in [-0.25, -0.2) is 13.1 Å². The summed E-state index contributed by atoms with van der Waals surface area (Å²) in [6, 6.07) is 0. The predicted octanol–water partition coefficient (Wildman–Crippen LogP) is 1.84. The van der Waals surface area contributed by atoms with Gasteiger partial charge in [0.15, 0.2) is 0 Å². The van der Waals surface area contributed by atoms with Gasteiger partial charge in [-0.15, -0.1) is 0 Å². The van der Waals surface area contributed by atoms with Crippen LogP contribution in [0.3, 0.4) is 0 Å². The Morgan fingerprint density at radius 3 is 2.09 bits per heavy atom. The topological polar surface area (TPSA) is 58.6 Å². The number of hydrogen-bond donors (Lipinski definition) is 1. The summed E-state index contributed by atoms with van der Waals surface area (Å²) in [6.07, 6.45) is -0.100.